The van der Waals surface area contributed by atoms with Gasteiger partial charge in [0, 0.05) is 12.8 Å². The highest BCUT2D eigenvalue weighted by Gasteiger charge is 2.44. The van der Waals surface area contributed by atoms with Crippen molar-refractivity contribution in [3.8, 4) is 0 Å². The highest BCUT2D eigenvalue weighted by molar-refractivity contribution is 5.35. The lowest BCUT2D eigenvalue weighted by Crippen LogP contribution is -2.52. The fourth-order valence-corrected chi connectivity index (χ4v) is 2.40. The molecule has 3 unspecified atom stereocenters. The molecule has 0 aliphatic carbocycles. The molecule has 2 aliphatic heterocycles. The molecule has 18 heavy (non-hydrogen) atoms. The van der Waals surface area contributed by atoms with E-state index in [1.165, 1.54) is 0 Å². The fourth-order valence-electron chi connectivity index (χ4n) is 2.40. The highest BCUT2D eigenvalue weighted by atomic mass is 16.7. The summed E-state index contributed by atoms with van der Waals surface area (Å²) in [5, 5.41) is 19.3. The summed E-state index contributed by atoms with van der Waals surface area (Å²) in [5.41, 5.74) is 2.16. The van der Waals surface area contributed by atoms with Gasteiger partial charge in [0.05, 0.1) is 19.3 Å². The molecular weight excluding hydrogens is 232 g/mol. The molecule has 1 fully saturated rings. The van der Waals surface area contributed by atoms with Crippen LogP contribution in [0, 0.1) is 0 Å². The summed E-state index contributed by atoms with van der Waals surface area (Å²) in [6.45, 7) is 6.26. The lowest BCUT2D eigenvalue weighted by atomic mass is 9.90. The van der Waals surface area contributed by atoms with E-state index in [4.69, 9.17) is 9.47 Å². The maximum absolute atomic E-state index is 9.77. The molecule has 4 heteroatoms. The van der Waals surface area contributed by atoms with Gasteiger partial charge in [0.1, 0.15) is 6.10 Å². The lowest BCUT2D eigenvalue weighted by Gasteiger charge is -2.43. The summed E-state index contributed by atoms with van der Waals surface area (Å²) in [4.78, 5) is 0. The second-order valence-electron chi connectivity index (χ2n) is 4.78. The van der Waals surface area contributed by atoms with Gasteiger partial charge in [-0.1, -0.05) is 24.8 Å². The number of rotatable bonds is 2. The number of ether oxygens (including phenoxy) is 2. The molecule has 0 aromatic heterocycles. The molecule has 1 spiro atoms. The van der Waals surface area contributed by atoms with Crippen LogP contribution in [0.3, 0.4) is 0 Å². The largest absolute Gasteiger partial charge is 0.390 e. The lowest BCUT2D eigenvalue weighted by molar-refractivity contribution is -0.291. The van der Waals surface area contributed by atoms with E-state index in [2.05, 4.69) is 6.58 Å². The van der Waals surface area contributed by atoms with Crippen LogP contribution in [0.5, 0.6) is 0 Å². The minimum Gasteiger partial charge on any atom is -0.390 e. The van der Waals surface area contributed by atoms with Gasteiger partial charge in [-0.15, -0.1) is 0 Å². The fraction of sp³-hybridized carbons (Fsp3) is 0.571. The molecule has 2 aliphatic rings. The average Bonchev–Trinajstić information content (AvgIpc) is 2.35. The maximum atomic E-state index is 9.77. The molecular formula is C14H20O4. The number of hydrogen-bond acceptors (Lipinski definition) is 4. The molecule has 100 valence electrons. The van der Waals surface area contributed by atoms with Crippen LogP contribution in [0.25, 0.3) is 0 Å². The third-order valence-corrected chi connectivity index (χ3v) is 3.46. The second-order valence-corrected chi connectivity index (χ2v) is 4.78. The van der Waals surface area contributed by atoms with E-state index in [-0.39, 0.29) is 6.61 Å². The number of aliphatic hydroxyl groups is 2. The van der Waals surface area contributed by atoms with Gasteiger partial charge in [-0.05, 0) is 18.1 Å². The summed E-state index contributed by atoms with van der Waals surface area (Å²) in [6, 6.07) is 0. The zero-order valence-corrected chi connectivity index (χ0v) is 10.6. The van der Waals surface area contributed by atoms with Crippen LogP contribution in [0.4, 0.5) is 0 Å². The number of aliphatic hydroxyl groups excluding tert-OH is 2. The molecule has 3 atom stereocenters. The molecule has 0 aromatic rings. The van der Waals surface area contributed by atoms with E-state index in [9.17, 15) is 10.2 Å². The molecule has 2 heterocycles. The van der Waals surface area contributed by atoms with Gasteiger partial charge in [0.25, 0.3) is 0 Å². The number of allylic oxidation sites excluding steroid dienone is 2. The number of hydrogen-bond donors (Lipinski definition) is 2. The van der Waals surface area contributed by atoms with Crippen LogP contribution in [0.15, 0.2) is 36.0 Å². The zero-order valence-electron chi connectivity index (χ0n) is 10.6. The van der Waals surface area contributed by atoms with E-state index < -0.39 is 18.0 Å². The van der Waals surface area contributed by atoms with Crippen molar-refractivity contribution in [2.75, 3.05) is 13.2 Å². The first kappa shape index (κ1) is 13.5. The molecule has 0 amide bonds. The van der Waals surface area contributed by atoms with Gasteiger partial charge in [0.2, 0.25) is 0 Å². The Labute approximate surface area is 107 Å². The van der Waals surface area contributed by atoms with E-state index in [0.717, 1.165) is 11.1 Å². The SMILES string of the molecule is C=CC1=C(/C=C\C)CC2(CC(O)C(O)CO2)OC1. The molecule has 0 saturated carbocycles. The topological polar surface area (TPSA) is 58.9 Å². The van der Waals surface area contributed by atoms with Gasteiger partial charge in [-0.3, -0.25) is 0 Å². The van der Waals surface area contributed by atoms with Gasteiger partial charge in [-0.2, -0.15) is 0 Å². The summed E-state index contributed by atoms with van der Waals surface area (Å²) >= 11 is 0. The van der Waals surface area contributed by atoms with Crippen LogP contribution in [-0.4, -0.2) is 41.4 Å². The van der Waals surface area contributed by atoms with Crippen molar-refractivity contribution >= 4 is 0 Å². The van der Waals surface area contributed by atoms with Crippen molar-refractivity contribution in [2.45, 2.75) is 37.8 Å². The summed E-state index contributed by atoms with van der Waals surface area (Å²) in [7, 11) is 0. The van der Waals surface area contributed by atoms with Crippen LogP contribution in [-0.2, 0) is 9.47 Å². The van der Waals surface area contributed by atoms with Crippen molar-refractivity contribution in [3.63, 3.8) is 0 Å². The van der Waals surface area contributed by atoms with Crippen LogP contribution in [0.2, 0.25) is 0 Å². The van der Waals surface area contributed by atoms with Gasteiger partial charge in [0.15, 0.2) is 5.79 Å². The van der Waals surface area contributed by atoms with Crippen molar-refractivity contribution in [3.05, 3.63) is 36.0 Å². The molecule has 2 rings (SSSR count). The Balaban J connectivity index is 2.19. The Morgan fingerprint density at radius 1 is 1.28 bits per heavy atom. The van der Waals surface area contributed by atoms with Gasteiger partial charge >= 0.3 is 0 Å². The predicted molar refractivity (Wildman–Crippen MR) is 67.9 cm³/mol. The first-order chi connectivity index (χ1) is 8.60. The smallest absolute Gasteiger partial charge is 0.175 e. The van der Waals surface area contributed by atoms with Crippen LogP contribution in [0.1, 0.15) is 19.8 Å². The van der Waals surface area contributed by atoms with Crippen molar-refractivity contribution < 1.29 is 19.7 Å². The van der Waals surface area contributed by atoms with E-state index in [1.54, 1.807) is 6.08 Å². The molecule has 1 saturated heterocycles. The second kappa shape index (κ2) is 5.36. The molecule has 0 aromatic carbocycles. The van der Waals surface area contributed by atoms with E-state index in [1.807, 2.05) is 19.1 Å². The normalized spacial score (nSPS) is 37.5. The highest BCUT2D eigenvalue weighted by Crippen LogP contribution is 2.38. The zero-order chi connectivity index (χ0) is 13.2. The molecule has 2 N–H and O–H groups in total. The third-order valence-electron chi connectivity index (χ3n) is 3.46. The van der Waals surface area contributed by atoms with Crippen molar-refractivity contribution in [1.29, 1.82) is 0 Å². The maximum Gasteiger partial charge on any atom is 0.175 e. The Morgan fingerprint density at radius 2 is 2.06 bits per heavy atom. The summed E-state index contributed by atoms with van der Waals surface area (Å²) in [5.74, 6) is -0.806. The Hall–Kier alpha value is -0.940. The first-order valence-corrected chi connectivity index (χ1v) is 6.21. The third kappa shape index (κ3) is 2.57. The Kier molecular flexibility index (Phi) is 4.02. The van der Waals surface area contributed by atoms with Gasteiger partial charge in [-0.25, -0.2) is 0 Å². The Bertz CT molecular complexity index is 385. The van der Waals surface area contributed by atoms with Crippen LogP contribution >= 0.6 is 0 Å². The van der Waals surface area contributed by atoms with Crippen LogP contribution < -0.4 is 0 Å². The monoisotopic (exact) mass is 252 g/mol. The summed E-state index contributed by atoms with van der Waals surface area (Å²) in [6.07, 6.45) is 5.01. The predicted octanol–water partition coefficient (Wildman–Crippen LogP) is 1.30. The van der Waals surface area contributed by atoms with E-state index in [0.29, 0.717) is 19.4 Å². The quantitative estimate of drug-likeness (QED) is 0.778. The van der Waals surface area contributed by atoms with Crippen molar-refractivity contribution in [2.24, 2.45) is 0 Å². The average molecular weight is 252 g/mol. The summed E-state index contributed by atoms with van der Waals surface area (Å²) < 4.78 is 11.4. The molecule has 0 bridgehead atoms. The molecule has 4 nitrogen and oxygen atoms in total. The first-order valence-electron chi connectivity index (χ1n) is 6.21. The minimum absolute atomic E-state index is 0.105. The Morgan fingerprint density at radius 3 is 2.67 bits per heavy atom. The van der Waals surface area contributed by atoms with E-state index >= 15 is 0 Å². The minimum atomic E-state index is -0.825. The van der Waals surface area contributed by atoms with Gasteiger partial charge < -0.3 is 19.7 Å². The van der Waals surface area contributed by atoms with Crippen molar-refractivity contribution in [1.82, 2.24) is 0 Å². The standard InChI is InChI=1S/C14H20O4/c1-3-5-11-6-14(17-8-10(11)4-2)7-12(15)13(16)9-18-14/h3-5,12-13,15-16H,2,6-9H2,1H3/b5-3-. The molecule has 0 radical (unpaired) electrons.